The highest BCUT2D eigenvalue weighted by Crippen LogP contribution is 2.46. The van der Waals surface area contributed by atoms with E-state index in [0.717, 1.165) is 63.6 Å². The Morgan fingerprint density at radius 2 is 1.90 bits per heavy atom. The van der Waals surface area contributed by atoms with Crippen LogP contribution < -0.4 is 0 Å². The van der Waals surface area contributed by atoms with Crippen molar-refractivity contribution in [1.82, 2.24) is 15.0 Å². The second kappa shape index (κ2) is 8.28. The van der Waals surface area contributed by atoms with E-state index in [2.05, 4.69) is 39.2 Å². The summed E-state index contributed by atoms with van der Waals surface area (Å²) in [4.78, 5) is 17.5. The zero-order chi connectivity index (χ0) is 20.4. The summed E-state index contributed by atoms with van der Waals surface area (Å²) in [6.07, 6.45) is 2.03. The van der Waals surface area contributed by atoms with Gasteiger partial charge in [0.15, 0.2) is 0 Å². The minimum atomic E-state index is -0.0558. The first-order valence-corrected chi connectivity index (χ1v) is 10.5. The quantitative estimate of drug-likeness (QED) is 0.723. The van der Waals surface area contributed by atoms with E-state index in [4.69, 9.17) is 9.26 Å². The summed E-state index contributed by atoms with van der Waals surface area (Å²) in [5.41, 5.74) is 3.48. The molecule has 1 atom stereocenters. The van der Waals surface area contributed by atoms with E-state index in [1.54, 1.807) is 0 Å². The van der Waals surface area contributed by atoms with E-state index < -0.39 is 0 Å². The lowest BCUT2D eigenvalue weighted by molar-refractivity contribution is -0.149. The fourth-order valence-corrected chi connectivity index (χ4v) is 5.12. The summed E-state index contributed by atoms with van der Waals surface area (Å²) >= 11 is 0. The molecule has 2 aliphatic rings. The number of aryl methyl sites for hydroxylation is 2. The minimum Gasteiger partial charge on any atom is -0.469 e. The number of carbonyl (C=O) groups is 1. The molecule has 4 rings (SSSR count). The molecule has 2 aliphatic heterocycles. The number of carbonyl (C=O) groups excluding carboxylic acids is 1. The lowest BCUT2D eigenvalue weighted by Crippen LogP contribution is -2.46. The van der Waals surface area contributed by atoms with Crippen LogP contribution in [0.15, 0.2) is 34.9 Å². The summed E-state index contributed by atoms with van der Waals surface area (Å²) in [6.45, 7) is 9.45. The third kappa shape index (κ3) is 4.09. The summed E-state index contributed by atoms with van der Waals surface area (Å²) in [5.74, 6) is 0.808. The number of rotatable bonds is 5. The first kappa shape index (κ1) is 20.1. The molecule has 6 nitrogen and oxygen atoms in total. The molecule has 0 saturated carbocycles. The van der Waals surface area contributed by atoms with Gasteiger partial charge in [-0.15, -0.1) is 0 Å². The summed E-state index contributed by atoms with van der Waals surface area (Å²) in [6, 6.07) is 10.5. The molecule has 2 saturated heterocycles. The predicted molar refractivity (Wildman–Crippen MR) is 110 cm³/mol. The van der Waals surface area contributed by atoms with E-state index in [1.807, 2.05) is 19.9 Å². The topological polar surface area (TPSA) is 58.8 Å². The average molecular weight is 398 g/mol. The Morgan fingerprint density at radius 1 is 1.17 bits per heavy atom. The van der Waals surface area contributed by atoms with Crippen LogP contribution in [0.1, 0.15) is 35.4 Å². The Labute approximate surface area is 172 Å². The van der Waals surface area contributed by atoms with Crippen molar-refractivity contribution >= 4 is 5.97 Å². The maximum Gasteiger partial charge on any atom is 0.310 e. The maximum absolute atomic E-state index is 12.6. The van der Waals surface area contributed by atoms with Crippen molar-refractivity contribution < 1.29 is 14.1 Å². The number of benzene rings is 1. The molecular weight excluding hydrogens is 366 g/mol. The summed E-state index contributed by atoms with van der Waals surface area (Å²) < 4.78 is 10.5. The number of ether oxygens (including phenoxy) is 1. The standard InChI is InChI=1S/C23H31N3O3/c1-17-20(18(2)29-24-17)14-25-11-9-23(10-12-25)16-26(15-21(23)22(27)28-3)13-19-7-5-4-6-8-19/h4-8,21H,9-16H2,1-3H3. The van der Waals surface area contributed by atoms with E-state index >= 15 is 0 Å². The fourth-order valence-electron chi connectivity index (χ4n) is 5.12. The van der Waals surface area contributed by atoms with Crippen LogP contribution in [0.3, 0.4) is 0 Å². The van der Waals surface area contributed by atoms with Crippen LogP contribution in [-0.2, 0) is 22.6 Å². The number of hydrogen-bond donors (Lipinski definition) is 0. The van der Waals surface area contributed by atoms with Gasteiger partial charge in [-0.25, -0.2) is 0 Å². The van der Waals surface area contributed by atoms with Crippen molar-refractivity contribution in [3.05, 3.63) is 52.9 Å². The monoisotopic (exact) mass is 397 g/mol. The fraction of sp³-hybridized carbons (Fsp3) is 0.565. The second-order valence-electron chi connectivity index (χ2n) is 8.67. The molecule has 2 aromatic rings. The van der Waals surface area contributed by atoms with Crippen LogP contribution >= 0.6 is 0 Å². The van der Waals surface area contributed by atoms with Crippen molar-refractivity contribution in [2.24, 2.45) is 11.3 Å². The average Bonchev–Trinajstić information content (AvgIpc) is 3.24. The molecule has 1 aromatic heterocycles. The van der Waals surface area contributed by atoms with Gasteiger partial charge in [-0.2, -0.15) is 0 Å². The molecule has 29 heavy (non-hydrogen) atoms. The molecule has 0 radical (unpaired) electrons. The number of esters is 1. The van der Waals surface area contributed by atoms with Crippen LogP contribution in [0, 0.1) is 25.2 Å². The molecule has 1 spiro atoms. The van der Waals surface area contributed by atoms with E-state index in [-0.39, 0.29) is 17.3 Å². The molecule has 3 heterocycles. The van der Waals surface area contributed by atoms with E-state index in [0.29, 0.717) is 0 Å². The molecule has 1 aromatic carbocycles. The molecule has 1 unspecified atom stereocenters. The molecule has 0 aliphatic carbocycles. The van der Waals surface area contributed by atoms with Crippen LogP contribution in [0.2, 0.25) is 0 Å². The Hall–Kier alpha value is -2.18. The highest BCUT2D eigenvalue weighted by atomic mass is 16.5. The first-order valence-electron chi connectivity index (χ1n) is 10.5. The Morgan fingerprint density at radius 3 is 2.52 bits per heavy atom. The first-order chi connectivity index (χ1) is 14.0. The van der Waals surface area contributed by atoms with Crippen LogP contribution in [0.5, 0.6) is 0 Å². The van der Waals surface area contributed by atoms with Crippen LogP contribution in [-0.4, -0.2) is 54.2 Å². The van der Waals surface area contributed by atoms with Gasteiger partial charge >= 0.3 is 5.97 Å². The van der Waals surface area contributed by atoms with Crippen molar-refractivity contribution in [3.63, 3.8) is 0 Å². The largest absolute Gasteiger partial charge is 0.469 e. The number of aromatic nitrogens is 1. The van der Waals surface area contributed by atoms with Gasteiger partial charge in [-0.05, 0) is 45.3 Å². The maximum atomic E-state index is 12.6. The van der Waals surface area contributed by atoms with Crippen molar-refractivity contribution in [1.29, 1.82) is 0 Å². The van der Waals surface area contributed by atoms with Gasteiger partial charge in [0.1, 0.15) is 5.76 Å². The third-order valence-corrected chi connectivity index (χ3v) is 6.87. The van der Waals surface area contributed by atoms with Crippen molar-refractivity contribution in [3.8, 4) is 0 Å². The summed E-state index contributed by atoms with van der Waals surface area (Å²) in [7, 11) is 1.52. The lowest BCUT2D eigenvalue weighted by atomic mass is 9.70. The molecule has 0 amide bonds. The van der Waals surface area contributed by atoms with Gasteiger partial charge in [0.2, 0.25) is 0 Å². The molecule has 0 bridgehead atoms. The molecule has 156 valence electrons. The highest BCUT2D eigenvalue weighted by molar-refractivity contribution is 5.74. The Kier molecular flexibility index (Phi) is 5.74. The predicted octanol–water partition coefficient (Wildman–Crippen LogP) is 3.18. The van der Waals surface area contributed by atoms with Gasteiger partial charge in [-0.3, -0.25) is 14.6 Å². The zero-order valence-electron chi connectivity index (χ0n) is 17.7. The number of methoxy groups -OCH3 is 1. The second-order valence-corrected chi connectivity index (χ2v) is 8.67. The van der Waals surface area contributed by atoms with Gasteiger partial charge in [0.05, 0.1) is 18.7 Å². The Balaban J connectivity index is 1.44. The Bertz CT molecular complexity index is 821. The number of hydrogen-bond acceptors (Lipinski definition) is 6. The minimum absolute atomic E-state index is 0.0110. The van der Waals surface area contributed by atoms with Crippen LogP contribution in [0.25, 0.3) is 0 Å². The summed E-state index contributed by atoms with van der Waals surface area (Å²) in [5, 5.41) is 4.08. The van der Waals surface area contributed by atoms with Gasteiger partial charge in [-0.1, -0.05) is 35.5 Å². The van der Waals surface area contributed by atoms with Crippen LogP contribution in [0.4, 0.5) is 0 Å². The van der Waals surface area contributed by atoms with Crippen molar-refractivity contribution in [2.45, 2.75) is 39.8 Å². The van der Waals surface area contributed by atoms with Gasteiger partial charge < -0.3 is 9.26 Å². The number of likely N-dealkylation sites (tertiary alicyclic amines) is 2. The van der Waals surface area contributed by atoms with E-state index in [9.17, 15) is 4.79 Å². The highest BCUT2D eigenvalue weighted by Gasteiger charge is 2.51. The SMILES string of the molecule is COC(=O)C1CN(Cc2ccccc2)CC12CCN(Cc1c(C)noc1C)CC2. The number of piperidine rings is 1. The smallest absolute Gasteiger partial charge is 0.310 e. The van der Waals surface area contributed by atoms with Crippen molar-refractivity contribution in [2.75, 3.05) is 33.3 Å². The zero-order valence-corrected chi connectivity index (χ0v) is 17.7. The molecule has 0 N–H and O–H groups in total. The molecular formula is C23H31N3O3. The third-order valence-electron chi connectivity index (χ3n) is 6.87. The molecule has 2 fully saturated rings. The van der Waals surface area contributed by atoms with E-state index in [1.165, 1.54) is 18.2 Å². The lowest BCUT2D eigenvalue weighted by Gasteiger charge is -2.41. The molecule has 6 heteroatoms. The van der Waals surface area contributed by atoms with Gasteiger partial charge in [0.25, 0.3) is 0 Å². The normalized spacial score (nSPS) is 22.2. The van der Waals surface area contributed by atoms with Gasteiger partial charge in [0, 0.05) is 37.2 Å². The number of nitrogens with zero attached hydrogens (tertiary/aromatic N) is 3.